The van der Waals surface area contributed by atoms with E-state index in [1.54, 1.807) is 6.07 Å². The van der Waals surface area contributed by atoms with Gasteiger partial charge >= 0.3 is 0 Å². The molecule has 0 aliphatic heterocycles. The molecule has 2 rings (SSSR count). The Morgan fingerprint density at radius 2 is 2.20 bits per heavy atom. The Hall–Kier alpha value is -1.00. The number of nitrogens with one attached hydrogen (secondary N) is 1. The summed E-state index contributed by atoms with van der Waals surface area (Å²) in [7, 11) is 0. The molecule has 3 unspecified atom stereocenters. The van der Waals surface area contributed by atoms with Crippen LogP contribution in [0.4, 0.5) is 4.39 Å². The minimum absolute atomic E-state index is 0.134. The van der Waals surface area contributed by atoms with Gasteiger partial charge in [0.15, 0.2) is 0 Å². The van der Waals surface area contributed by atoms with Gasteiger partial charge in [0.1, 0.15) is 5.82 Å². The molecule has 0 radical (unpaired) electrons. The zero-order valence-corrected chi connectivity index (χ0v) is 12.3. The second-order valence-corrected chi connectivity index (χ2v) is 6.22. The molecule has 1 heterocycles. The van der Waals surface area contributed by atoms with E-state index in [4.69, 9.17) is 0 Å². The third-order valence-electron chi connectivity index (χ3n) is 4.12. The van der Waals surface area contributed by atoms with E-state index >= 15 is 0 Å². The van der Waals surface area contributed by atoms with Crippen molar-refractivity contribution in [2.45, 2.75) is 51.7 Å². The van der Waals surface area contributed by atoms with Crippen molar-refractivity contribution in [1.82, 2.24) is 10.3 Å². The van der Waals surface area contributed by atoms with Gasteiger partial charge in [0, 0.05) is 0 Å². The summed E-state index contributed by atoms with van der Waals surface area (Å²) in [6.07, 6.45) is 5.23. The highest BCUT2D eigenvalue weighted by Gasteiger charge is 2.23. The van der Waals surface area contributed by atoms with Gasteiger partial charge in [-0.15, -0.1) is 0 Å². The summed E-state index contributed by atoms with van der Waals surface area (Å²) in [5.74, 6) is 0.619. The number of halogens is 1. The van der Waals surface area contributed by atoms with E-state index in [9.17, 15) is 9.50 Å². The van der Waals surface area contributed by atoms with Crippen molar-refractivity contribution >= 4 is 0 Å². The molecule has 0 bridgehead atoms. The van der Waals surface area contributed by atoms with Crippen LogP contribution >= 0.6 is 0 Å². The molecule has 1 aromatic rings. The van der Waals surface area contributed by atoms with Gasteiger partial charge in [-0.3, -0.25) is 4.98 Å². The van der Waals surface area contributed by atoms with Crippen LogP contribution < -0.4 is 5.32 Å². The number of pyridine rings is 1. The molecule has 1 aliphatic rings. The van der Waals surface area contributed by atoms with Crippen LogP contribution in [0.1, 0.15) is 51.3 Å². The Morgan fingerprint density at radius 1 is 1.40 bits per heavy atom. The van der Waals surface area contributed by atoms with E-state index < -0.39 is 0 Å². The first-order valence-electron chi connectivity index (χ1n) is 7.59. The Morgan fingerprint density at radius 3 is 2.80 bits per heavy atom. The molecule has 3 nitrogen and oxygen atoms in total. The van der Waals surface area contributed by atoms with E-state index in [0.717, 1.165) is 31.5 Å². The highest BCUT2D eigenvalue weighted by atomic mass is 19.1. The maximum atomic E-state index is 13.0. The van der Waals surface area contributed by atoms with Crippen LogP contribution in [0.2, 0.25) is 0 Å². The zero-order chi connectivity index (χ0) is 14.5. The molecular weight excluding hydrogens is 255 g/mol. The van der Waals surface area contributed by atoms with E-state index in [2.05, 4.69) is 24.1 Å². The maximum Gasteiger partial charge on any atom is 0.141 e. The predicted octanol–water partition coefficient (Wildman–Crippen LogP) is 3.06. The van der Waals surface area contributed by atoms with Gasteiger partial charge < -0.3 is 10.4 Å². The second kappa shape index (κ2) is 7.14. The third kappa shape index (κ3) is 4.25. The van der Waals surface area contributed by atoms with Gasteiger partial charge in [0.25, 0.3) is 0 Å². The van der Waals surface area contributed by atoms with Crippen LogP contribution in [-0.2, 0) is 0 Å². The molecule has 1 saturated carbocycles. The summed E-state index contributed by atoms with van der Waals surface area (Å²) in [6, 6.07) is 3.35. The zero-order valence-electron chi connectivity index (χ0n) is 12.3. The van der Waals surface area contributed by atoms with Crippen LogP contribution in [0.15, 0.2) is 18.3 Å². The van der Waals surface area contributed by atoms with Crippen molar-refractivity contribution in [3.05, 3.63) is 29.8 Å². The first-order chi connectivity index (χ1) is 9.56. The summed E-state index contributed by atoms with van der Waals surface area (Å²) in [4.78, 5) is 4.19. The Bertz CT molecular complexity index is 407. The van der Waals surface area contributed by atoms with Gasteiger partial charge in [-0.1, -0.05) is 20.3 Å². The first-order valence-corrected chi connectivity index (χ1v) is 7.59. The second-order valence-electron chi connectivity index (χ2n) is 6.22. The normalized spacial score (nSPS) is 24.9. The highest BCUT2D eigenvalue weighted by molar-refractivity contribution is 5.10. The number of rotatable bonds is 5. The molecule has 0 saturated heterocycles. The Balaban J connectivity index is 1.94. The van der Waals surface area contributed by atoms with E-state index in [0.29, 0.717) is 11.8 Å². The first kappa shape index (κ1) is 15.4. The molecule has 2 N–H and O–H groups in total. The quantitative estimate of drug-likeness (QED) is 0.871. The summed E-state index contributed by atoms with van der Waals surface area (Å²) in [5, 5.41) is 13.3. The van der Waals surface area contributed by atoms with Crippen molar-refractivity contribution in [3.8, 4) is 0 Å². The minimum atomic E-state index is -0.299. The van der Waals surface area contributed by atoms with Crippen LogP contribution in [0.3, 0.4) is 0 Å². The summed E-state index contributed by atoms with van der Waals surface area (Å²) < 4.78 is 13.0. The number of nitrogens with zero attached hydrogens (tertiary/aromatic N) is 1. The summed E-state index contributed by atoms with van der Waals surface area (Å²) >= 11 is 0. The van der Waals surface area contributed by atoms with Crippen molar-refractivity contribution in [1.29, 1.82) is 0 Å². The predicted molar refractivity (Wildman–Crippen MR) is 77.7 cm³/mol. The van der Waals surface area contributed by atoms with Crippen molar-refractivity contribution in [3.63, 3.8) is 0 Å². The molecule has 112 valence electrons. The van der Waals surface area contributed by atoms with E-state index in [1.165, 1.54) is 18.7 Å². The smallest absolute Gasteiger partial charge is 0.141 e. The van der Waals surface area contributed by atoms with Crippen LogP contribution in [0.25, 0.3) is 0 Å². The monoisotopic (exact) mass is 280 g/mol. The third-order valence-corrected chi connectivity index (χ3v) is 4.12. The van der Waals surface area contributed by atoms with Crippen molar-refractivity contribution in [2.24, 2.45) is 11.8 Å². The molecular formula is C16H25FN2O. The van der Waals surface area contributed by atoms with Crippen LogP contribution in [0.5, 0.6) is 0 Å². The fourth-order valence-electron chi connectivity index (χ4n) is 2.99. The Kier molecular flexibility index (Phi) is 5.49. The molecule has 0 amide bonds. The fraction of sp³-hybridized carbons (Fsp3) is 0.688. The van der Waals surface area contributed by atoms with Gasteiger partial charge in [-0.2, -0.15) is 0 Å². The lowest BCUT2D eigenvalue weighted by molar-refractivity contribution is 0.0988. The largest absolute Gasteiger partial charge is 0.393 e. The van der Waals surface area contributed by atoms with Gasteiger partial charge in [0.2, 0.25) is 0 Å². The lowest BCUT2D eigenvalue weighted by Crippen LogP contribution is -2.34. The molecule has 1 fully saturated rings. The summed E-state index contributed by atoms with van der Waals surface area (Å²) in [6.45, 7) is 5.16. The minimum Gasteiger partial charge on any atom is -0.393 e. The molecule has 0 aromatic carbocycles. The average molecular weight is 280 g/mol. The average Bonchev–Trinajstić information content (AvgIpc) is 2.41. The standard InChI is InChI=1S/C16H25FN2O/c1-11(2)16(15-7-6-13(17)10-18-15)19-9-12-4-3-5-14(20)8-12/h6-7,10-12,14,16,19-20H,3-5,8-9H2,1-2H3. The Labute approximate surface area is 120 Å². The number of hydrogen-bond donors (Lipinski definition) is 2. The number of aromatic nitrogens is 1. The van der Waals surface area contributed by atoms with Crippen molar-refractivity contribution in [2.75, 3.05) is 6.54 Å². The van der Waals surface area contributed by atoms with Gasteiger partial charge in [-0.05, 0) is 49.8 Å². The fourth-order valence-corrected chi connectivity index (χ4v) is 2.99. The molecule has 3 atom stereocenters. The topological polar surface area (TPSA) is 45.1 Å². The molecule has 4 heteroatoms. The van der Waals surface area contributed by atoms with Crippen LogP contribution in [-0.4, -0.2) is 22.7 Å². The van der Waals surface area contributed by atoms with Crippen LogP contribution in [0, 0.1) is 17.7 Å². The molecule has 20 heavy (non-hydrogen) atoms. The molecule has 1 aromatic heterocycles. The van der Waals surface area contributed by atoms with Crippen molar-refractivity contribution < 1.29 is 9.50 Å². The van der Waals surface area contributed by atoms with E-state index in [-0.39, 0.29) is 18.0 Å². The van der Waals surface area contributed by atoms with E-state index in [1.807, 2.05) is 0 Å². The number of hydrogen-bond acceptors (Lipinski definition) is 3. The summed E-state index contributed by atoms with van der Waals surface area (Å²) in [5.41, 5.74) is 0.887. The lowest BCUT2D eigenvalue weighted by atomic mass is 9.87. The lowest BCUT2D eigenvalue weighted by Gasteiger charge is -2.29. The van der Waals surface area contributed by atoms with Gasteiger partial charge in [0.05, 0.1) is 24.0 Å². The number of aliphatic hydroxyl groups excluding tert-OH is 1. The SMILES string of the molecule is CC(C)C(NCC1CCCC(O)C1)c1ccc(F)cn1. The highest BCUT2D eigenvalue weighted by Crippen LogP contribution is 2.26. The number of aliphatic hydroxyl groups is 1. The molecule has 1 aliphatic carbocycles. The van der Waals surface area contributed by atoms with Gasteiger partial charge in [-0.25, -0.2) is 4.39 Å². The molecule has 0 spiro atoms. The maximum absolute atomic E-state index is 13.0.